The molecule has 2 amide bonds. The standard InChI is InChI=1S/C25H28FN3O3/c26-20-6-4-17(5-7-20)13-25(10-8-22(30)27-25)11-9-23(31)28-14-18-12-19(16-28)21-2-1-3-24(32)29(21)15-18/h1-7,18-19H,8-16H2,(H,27,30). The highest BCUT2D eigenvalue weighted by atomic mass is 19.1. The molecule has 4 heterocycles. The topological polar surface area (TPSA) is 71.4 Å². The zero-order chi connectivity index (χ0) is 22.3. The van der Waals surface area contributed by atoms with Crippen LogP contribution in [0.25, 0.3) is 0 Å². The maximum absolute atomic E-state index is 13.3. The summed E-state index contributed by atoms with van der Waals surface area (Å²) in [6.07, 6.45) is 3.66. The number of aromatic nitrogens is 1. The van der Waals surface area contributed by atoms with Crippen molar-refractivity contribution in [3.63, 3.8) is 0 Å². The molecule has 2 aromatic rings. The molecule has 0 radical (unpaired) electrons. The van der Waals surface area contributed by atoms with Crippen LogP contribution in [-0.2, 0) is 22.6 Å². The second kappa shape index (κ2) is 8.19. The number of piperidine rings is 1. The number of pyridine rings is 1. The summed E-state index contributed by atoms with van der Waals surface area (Å²) in [5, 5.41) is 3.11. The Bertz CT molecular complexity index is 1100. The van der Waals surface area contributed by atoms with E-state index in [-0.39, 0.29) is 29.1 Å². The molecule has 2 saturated heterocycles. The van der Waals surface area contributed by atoms with Crippen molar-refractivity contribution >= 4 is 11.8 Å². The van der Waals surface area contributed by atoms with Crippen LogP contribution in [0.15, 0.2) is 47.3 Å². The fourth-order valence-corrected chi connectivity index (χ4v) is 5.78. The van der Waals surface area contributed by atoms with Crippen LogP contribution >= 0.6 is 0 Å². The van der Waals surface area contributed by atoms with E-state index in [1.54, 1.807) is 24.3 Å². The third kappa shape index (κ3) is 4.08. The van der Waals surface area contributed by atoms with E-state index in [1.165, 1.54) is 12.1 Å². The molecule has 3 unspecified atom stereocenters. The number of rotatable bonds is 5. The molecule has 32 heavy (non-hydrogen) atoms. The molecule has 2 bridgehead atoms. The number of amides is 2. The smallest absolute Gasteiger partial charge is 0.250 e. The van der Waals surface area contributed by atoms with Gasteiger partial charge in [-0.05, 0) is 55.4 Å². The van der Waals surface area contributed by atoms with Crippen molar-refractivity contribution in [2.24, 2.45) is 5.92 Å². The molecule has 168 valence electrons. The van der Waals surface area contributed by atoms with Gasteiger partial charge in [0.05, 0.1) is 0 Å². The molecule has 0 saturated carbocycles. The van der Waals surface area contributed by atoms with E-state index < -0.39 is 5.54 Å². The molecule has 7 heteroatoms. The maximum Gasteiger partial charge on any atom is 0.250 e. The third-order valence-electron chi connectivity index (χ3n) is 7.34. The fourth-order valence-electron chi connectivity index (χ4n) is 5.78. The lowest BCUT2D eigenvalue weighted by atomic mass is 9.82. The normalized spacial score (nSPS) is 26.5. The van der Waals surface area contributed by atoms with Crippen LogP contribution in [0.2, 0.25) is 0 Å². The summed E-state index contributed by atoms with van der Waals surface area (Å²) in [5.41, 5.74) is 1.56. The number of hydrogen-bond acceptors (Lipinski definition) is 3. The van der Waals surface area contributed by atoms with Crippen LogP contribution in [0.5, 0.6) is 0 Å². The second-order valence-electron chi connectivity index (χ2n) is 9.63. The van der Waals surface area contributed by atoms with Crippen LogP contribution in [0.1, 0.15) is 49.3 Å². The Morgan fingerprint density at radius 1 is 1.09 bits per heavy atom. The number of halogens is 1. The van der Waals surface area contributed by atoms with E-state index >= 15 is 0 Å². The number of benzene rings is 1. The van der Waals surface area contributed by atoms with Gasteiger partial charge in [0, 0.05) is 55.7 Å². The van der Waals surface area contributed by atoms with Crippen molar-refractivity contribution in [1.82, 2.24) is 14.8 Å². The fraction of sp³-hybridized carbons (Fsp3) is 0.480. The van der Waals surface area contributed by atoms with Crippen LogP contribution in [0, 0.1) is 11.7 Å². The highest BCUT2D eigenvalue weighted by Gasteiger charge is 2.40. The summed E-state index contributed by atoms with van der Waals surface area (Å²) in [6, 6.07) is 11.8. The van der Waals surface area contributed by atoms with Gasteiger partial charge in [-0.2, -0.15) is 0 Å². The van der Waals surface area contributed by atoms with Gasteiger partial charge in [0.1, 0.15) is 5.82 Å². The molecule has 0 aliphatic carbocycles. The second-order valence-corrected chi connectivity index (χ2v) is 9.63. The Labute approximate surface area is 186 Å². The molecule has 3 atom stereocenters. The zero-order valence-corrected chi connectivity index (χ0v) is 18.1. The SMILES string of the molecule is O=C1CCC(CCC(=O)N2CC3CC(C2)c2cccc(=O)n2C3)(Cc2ccc(F)cc2)N1. The van der Waals surface area contributed by atoms with Crippen molar-refractivity contribution in [3.05, 3.63) is 69.9 Å². The Morgan fingerprint density at radius 3 is 2.66 bits per heavy atom. The van der Waals surface area contributed by atoms with Crippen LogP contribution < -0.4 is 10.9 Å². The maximum atomic E-state index is 13.3. The number of likely N-dealkylation sites (tertiary alicyclic amines) is 1. The molecular weight excluding hydrogens is 409 g/mol. The van der Waals surface area contributed by atoms with Gasteiger partial charge in [-0.3, -0.25) is 14.4 Å². The highest BCUT2D eigenvalue weighted by Crippen LogP contribution is 2.36. The Morgan fingerprint density at radius 2 is 1.91 bits per heavy atom. The lowest BCUT2D eigenvalue weighted by molar-refractivity contribution is -0.134. The van der Waals surface area contributed by atoms with Crippen LogP contribution in [0.4, 0.5) is 4.39 Å². The summed E-state index contributed by atoms with van der Waals surface area (Å²) in [5.74, 6) is 0.317. The van der Waals surface area contributed by atoms with Gasteiger partial charge < -0.3 is 14.8 Å². The average Bonchev–Trinajstić information content (AvgIpc) is 3.15. The zero-order valence-electron chi connectivity index (χ0n) is 18.1. The first-order valence-corrected chi connectivity index (χ1v) is 11.4. The Kier molecular flexibility index (Phi) is 5.35. The quantitative estimate of drug-likeness (QED) is 0.782. The summed E-state index contributed by atoms with van der Waals surface area (Å²) >= 11 is 0. The summed E-state index contributed by atoms with van der Waals surface area (Å²) < 4.78 is 15.2. The largest absolute Gasteiger partial charge is 0.350 e. The third-order valence-corrected chi connectivity index (χ3v) is 7.34. The van der Waals surface area contributed by atoms with E-state index in [0.29, 0.717) is 57.7 Å². The average molecular weight is 438 g/mol. The Hall–Kier alpha value is -2.96. The van der Waals surface area contributed by atoms with E-state index in [4.69, 9.17) is 0 Å². The molecule has 3 aliphatic rings. The molecule has 3 aliphatic heterocycles. The minimum absolute atomic E-state index is 0.00844. The molecule has 1 aromatic carbocycles. The molecule has 5 rings (SSSR count). The number of hydrogen-bond donors (Lipinski definition) is 1. The highest BCUT2D eigenvalue weighted by molar-refractivity contribution is 5.80. The molecule has 1 N–H and O–H groups in total. The number of nitrogens with one attached hydrogen (secondary N) is 1. The Balaban J connectivity index is 1.27. The number of carbonyl (C=O) groups is 2. The van der Waals surface area contributed by atoms with Crippen LogP contribution in [-0.4, -0.2) is 39.9 Å². The van der Waals surface area contributed by atoms with Gasteiger partial charge in [-0.1, -0.05) is 18.2 Å². The summed E-state index contributed by atoms with van der Waals surface area (Å²) in [7, 11) is 0. The van der Waals surface area contributed by atoms with E-state index in [2.05, 4.69) is 5.32 Å². The molecule has 1 aromatic heterocycles. The van der Waals surface area contributed by atoms with Gasteiger partial charge in [0.15, 0.2) is 0 Å². The first kappa shape index (κ1) is 20.9. The predicted octanol–water partition coefficient (Wildman–Crippen LogP) is 2.60. The van der Waals surface area contributed by atoms with Crippen LogP contribution in [0.3, 0.4) is 0 Å². The summed E-state index contributed by atoms with van der Waals surface area (Å²) in [4.78, 5) is 39.4. The monoisotopic (exact) mass is 437 g/mol. The summed E-state index contributed by atoms with van der Waals surface area (Å²) in [6.45, 7) is 1.98. The van der Waals surface area contributed by atoms with Gasteiger partial charge in [0.2, 0.25) is 11.8 Å². The number of fused-ring (bicyclic) bond motifs is 4. The predicted molar refractivity (Wildman–Crippen MR) is 118 cm³/mol. The molecule has 0 spiro atoms. The van der Waals surface area contributed by atoms with Gasteiger partial charge in [-0.15, -0.1) is 0 Å². The minimum Gasteiger partial charge on any atom is -0.350 e. The van der Waals surface area contributed by atoms with E-state index in [0.717, 1.165) is 17.7 Å². The van der Waals surface area contributed by atoms with Crippen molar-refractivity contribution in [2.45, 2.75) is 56.5 Å². The van der Waals surface area contributed by atoms with Gasteiger partial charge in [-0.25, -0.2) is 4.39 Å². The molecular formula is C25H28FN3O3. The molecule has 2 fully saturated rings. The van der Waals surface area contributed by atoms with Crippen molar-refractivity contribution in [1.29, 1.82) is 0 Å². The van der Waals surface area contributed by atoms with E-state index in [9.17, 15) is 18.8 Å². The number of carbonyl (C=O) groups excluding carboxylic acids is 2. The van der Waals surface area contributed by atoms with Crippen molar-refractivity contribution in [2.75, 3.05) is 13.1 Å². The van der Waals surface area contributed by atoms with Crippen molar-refractivity contribution in [3.8, 4) is 0 Å². The van der Waals surface area contributed by atoms with Gasteiger partial charge >= 0.3 is 0 Å². The first-order chi connectivity index (χ1) is 15.4. The first-order valence-electron chi connectivity index (χ1n) is 11.4. The van der Waals surface area contributed by atoms with E-state index in [1.807, 2.05) is 15.5 Å². The lowest BCUT2D eigenvalue weighted by Crippen LogP contribution is -2.50. The number of nitrogens with zero attached hydrogens (tertiary/aromatic N) is 2. The molecule has 6 nitrogen and oxygen atoms in total. The minimum atomic E-state index is -0.462. The van der Waals surface area contributed by atoms with Crippen molar-refractivity contribution < 1.29 is 14.0 Å². The van der Waals surface area contributed by atoms with Gasteiger partial charge in [0.25, 0.3) is 5.56 Å². The lowest BCUT2D eigenvalue weighted by Gasteiger charge is -2.43.